The van der Waals surface area contributed by atoms with E-state index in [0.717, 1.165) is 18.4 Å². The minimum absolute atomic E-state index is 0.0179. The maximum Gasteiger partial charge on any atom is 0.269 e. The molecule has 2 aromatic carbocycles. The molecule has 0 saturated carbocycles. The fourth-order valence-corrected chi connectivity index (χ4v) is 2.90. The van der Waals surface area contributed by atoms with Crippen LogP contribution < -0.4 is 10.2 Å². The number of pyridine rings is 1. The van der Waals surface area contributed by atoms with Gasteiger partial charge in [0, 0.05) is 30.9 Å². The first-order chi connectivity index (χ1) is 13.0. The number of ether oxygens (including phenoxy) is 1. The number of aryl methyl sites for hydroxylation is 2. The van der Waals surface area contributed by atoms with E-state index in [0.29, 0.717) is 16.9 Å². The van der Waals surface area contributed by atoms with Crippen LogP contribution in [0.15, 0.2) is 65.7 Å². The highest BCUT2D eigenvalue weighted by molar-refractivity contribution is 5.65. The van der Waals surface area contributed by atoms with E-state index >= 15 is 0 Å². The van der Waals surface area contributed by atoms with Crippen LogP contribution in [0.4, 0.5) is 5.69 Å². The van der Waals surface area contributed by atoms with Crippen LogP contribution >= 0.6 is 0 Å². The zero-order valence-corrected chi connectivity index (χ0v) is 15.2. The van der Waals surface area contributed by atoms with Crippen LogP contribution in [0.1, 0.15) is 18.9 Å². The lowest BCUT2D eigenvalue weighted by Gasteiger charge is -2.11. The lowest BCUT2D eigenvalue weighted by atomic mass is 10.1. The molecule has 0 aliphatic rings. The fraction of sp³-hybridized carbons (Fsp3) is 0.190. The molecule has 0 saturated heterocycles. The molecule has 27 heavy (non-hydrogen) atoms. The molecule has 0 radical (unpaired) electrons. The minimum atomic E-state index is -0.468. The van der Waals surface area contributed by atoms with Crippen LogP contribution in [-0.4, -0.2) is 9.49 Å². The lowest BCUT2D eigenvalue weighted by Crippen LogP contribution is -2.11. The first kappa shape index (κ1) is 18.4. The highest BCUT2D eigenvalue weighted by atomic mass is 16.6. The fourth-order valence-electron chi connectivity index (χ4n) is 2.90. The Balaban J connectivity index is 1.97. The van der Waals surface area contributed by atoms with E-state index in [1.165, 1.54) is 12.1 Å². The summed E-state index contributed by atoms with van der Waals surface area (Å²) >= 11 is 0. The number of benzene rings is 2. The van der Waals surface area contributed by atoms with Crippen molar-refractivity contribution in [2.24, 2.45) is 7.05 Å². The van der Waals surface area contributed by atoms with Crippen LogP contribution in [0.3, 0.4) is 0 Å². The molecular weight excluding hydrogens is 344 g/mol. The maximum atomic E-state index is 12.9. The normalized spacial score (nSPS) is 10.6. The van der Waals surface area contributed by atoms with E-state index in [9.17, 15) is 14.9 Å². The first-order valence-electron chi connectivity index (χ1n) is 8.70. The van der Waals surface area contributed by atoms with Gasteiger partial charge in [-0.3, -0.25) is 14.9 Å². The molecule has 0 unspecified atom stereocenters. The second-order valence-corrected chi connectivity index (χ2v) is 6.33. The molecule has 0 spiro atoms. The van der Waals surface area contributed by atoms with Crippen LogP contribution in [0.25, 0.3) is 11.1 Å². The number of nitro groups is 1. The molecule has 1 aromatic heterocycles. The van der Waals surface area contributed by atoms with Gasteiger partial charge in [-0.05, 0) is 41.8 Å². The Morgan fingerprint density at radius 1 is 1.11 bits per heavy atom. The summed E-state index contributed by atoms with van der Waals surface area (Å²) in [6.45, 7) is 2.11. The third kappa shape index (κ3) is 4.23. The number of nitro benzene ring substituents is 1. The van der Waals surface area contributed by atoms with Gasteiger partial charge in [0.2, 0.25) is 5.43 Å². The number of hydrogen-bond donors (Lipinski definition) is 0. The molecule has 0 amide bonds. The third-order valence-electron chi connectivity index (χ3n) is 4.18. The topological polar surface area (TPSA) is 74.4 Å². The molecular formula is C21H20N2O4. The van der Waals surface area contributed by atoms with E-state index in [1.807, 2.05) is 24.3 Å². The van der Waals surface area contributed by atoms with E-state index in [2.05, 4.69) is 6.92 Å². The van der Waals surface area contributed by atoms with Crippen molar-refractivity contribution >= 4 is 5.69 Å². The summed E-state index contributed by atoms with van der Waals surface area (Å²) in [7, 11) is 1.80. The van der Waals surface area contributed by atoms with Gasteiger partial charge in [-0.25, -0.2) is 0 Å². The van der Waals surface area contributed by atoms with Crippen LogP contribution in [0.2, 0.25) is 0 Å². The zero-order chi connectivity index (χ0) is 19.4. The Morgan fingerprint density at radius 2 is 1.85 bits per heavy atom. The molecule has 6 nitrogen and oxygen atoms in total. The van der Waals surface area contributed by atoms with Crippen molar-refractivity contribution in [3.63, 3.8) is 0 Å². The van der Waals surface area contributed by atoms with Gasteiger partial charge in [-0.15, -0.1) is 0 Å². The third-order valence-corrected chi connectivity index (χ3v) is 4.18. The minimum Gasteiger partial charge on any atom is -0.452 e. The monoisotopic (exact) mass is 364 g/mol. The van der Waals surface area contributed by atoms with Gasteiger partial charge in [0.15, 0.2) is 5.75 Å². The van der Waals surface area contributed by atoms with Gasteiger partial charge in [0.1, 0.15) is 5.75 Å². The van der Waals surface area contributed by atoms with Gasteiger partial charge >= 0.3 is 0 Å². The van der Waals surface area contributed by atoms with Gasteiger partial charge in [0.25, 0.3) is 5.69 Å². The molecule has 0 aliphatic heterocycles. The SMILES string of the molecule is CCCc1cccc(Oc2cn(C)cc(-c3ccc([N+](=O)[O-])cc3)c2=O)c1. The molecule has 0 N–H and O–H groups in total. The first-order valence-corrected chi connectivity index (χ1v) is 8.70. The molecule has 3 aromatic rings. The van der Waals surface area contributed by atoms with Crippen molar-refractivity contribution in [2.75, 3.05) is 0 Å². The summed E-state index contributed by atoms with van der Waals surface area (Å²) in [5, 5.41) is 10.8. The number of rotatable bonds is 6. The van der Waals surface area contributed by atoms with Crippen molar-refractivity contribution < 1.29 is 9.66 Å². The largest absolute Gasteiger partial charge is 0.452 e. The Kier molecular flexibility index (Phi) is 5.35. The molecule has 0 bridgehead atoms. The van der Waals surface area contributed by atoms with Crippen LogP contribution in [-0.2, 0) is 13.5 Å². The smallest absolute Gasteiger partial charge is 0.269 e. The van der Waals surface area contributed by atoms with Gasteiger partial charge < -0.3 is 9.30 Å². The van der Waals surface area contributed by atoms with Gasteiger partial charge in [-0.2, -0.15) is 0 Å². The predicted molar refractivity (Wildman–Crippen MR) is 104 cm³/mol. The average Bonchev–Trinajstić information content (AvgIpc) is 2.65. The zero-order valence-electron chi connectivity index (χ0n) is 15.2. The average molecular weight is 364 g/mol. The Labute approximate surface area is 156 Å². The number of hydrogen-bond acceptors (Lipinski definition) is 4. The van der Waals surface area contributed by atoms with Crippen molar-refractivity contribution in [3.05, 3.63) is 86.8 Å². The standard InChI is InChI=1S/C21H20N2O4/c1-3-5-15-6-4-7-18(12-15)27-20-14-22(2)13-19(21(20)24)16-8-10-17(11-9-16)23(25)26/h4,6-14H,3,5H2,1-2H3. The van der Waals surface area contributed by atoms with E-state index in [1.54, 1.807) is 36.1 Å². The van der Waals surface area contributed by atoms with Crippen LogP contribution in [0.5, 0.6) is 11.5 Å². The van der Waals surface area contributed by atoms with Crippen LogP contribution in [0, 0.1) is 10.1 Å². The van der Waals surface area contributed by atoms with E-state index in [-0.39, 0.29) is 16.9 Å². The Hall–Kier alpha value is -3.41. The summed E-state index contributed by atoms with van der Waals surface area (Å²) in [5.74, 6) is 0.820. The summed E-state index contributed by atoms with van der Waals surface area (Å²) in [5.41, 5.74) is 1.90. The molecule has 0 atom stereocenters. The molecule has 6 heteroatoms. The van der Waals surface area contributed by atoms with Crippen molar-refractivity contribution in [1.29, 1.82) is 0 Å². The van der Waals surface area contributed by atoms with Crippen molar-refractivity contribution in [1.82, 2.24) is 4.57 Å². The van der Waals surface area contributed by atoms with Gasteiger partial charge in [-0.1, -0.05) is 25.5 Å². The number of non-ortho nitro benzene ring substituents is 1. The van der Waals surface area contributed by atoms with Crippen molar-refractivity contribution in [3.8, 4) is 22.6 Å². The molecule has 3 rings (SSSR count). The molecule has 138 valence electrons. The molecule has 0 fully saturated rings. The van der Waals surface area contributed by atoms with E-state index in [4.69, 9.17) is 4.74 Å². The summed E-state index contributed by atoms with van der Waals surface area (Å²) < 4.78 is 7.60. The Morgan fingerprint density at radius 3 is 2.52 bits per heavy atom. The lowest BCUT2D eigenvalue weighted by molar-refractivity contribution is -0.384. The summed E-state index contributed by atoms with van der Waals surface area (Å²) in [4.78, 5) is 23.2. The van der Waals surface area contributed by atoms with Crippen molar-refractivity contribution in [2.45, 2.75) is 19.8 Å². The quantitative estimate of drug-likeness (QED) is 0.469. The molecule has 0 aliphatic carbocycles. The highest BCUT2D eigenvalue weighted by Crippen LogP contribution is 2.24. The Bertz CT molecular complexity index is 1020. The number of aromatic nitrogens is 1. The number of nitrogens with zero attached hydrogens (tertiary/aromatic N) is 2. The second kappa shape index (κ2) is 7.86. The second-order valence-electron chi connectivity index (χ2n) is 6.33. The predicted octanol–water partition coefficient (Wildman–Crippen LogP) is 4.71. The summed E-state index contributed by atoms with van der Waals surface area (Å²) in [6, 6.07) is 13.6. The maximum absolute atomic E-state index is 12.9. The van der Waals surface area contributed by atoms with E-state index < -0.39 is 4.92 Å². The molecule has 1 heterocycles. The van der Waals surface area contributed by atoms with Gasteiger partial charge in [0.05, 0.1) is 11.1 Å². The summed E-state index contributed by atoms with van der Waals surface area (Å²) in [6.07, 6.45) is 5.28. The highest BCUT2D eigenvalue weighted by Gasteiger charge is 2.13.